The minimum absolute atomic E-state index is 0.0526. The fourth-order valence-corrected chi connectivity index (χ4v) is 2.88. The second-order valence-electron chi connectivity index (χ2n) is 5.92. The van der Waals surface area contributed by atoms with Gasteiger partial charge in [0, 0.05) is 12.1 Å². The highest BCUT2D eigenvalue weighted by molar-refractivity contribution is 6.02. The van der Waals surface area contributed by atoms with Crippen molar-refractivity contribution >= 4 is 5.91 Å². The highest BCUT2D eigenvalue weighted by Crippen LogP contribution is 2.33. The van der Waals surface area contributed by atoms with Gasteiger partial charge in [-0.2, -0.15) is 0 Å². The number of benzene rings is 3. The van der Waals surface area contributed by atoms with Crippen LogP contribution in [0.15, 0.2) is 72.8 Å². The lowest BCUT2D eigenvalue weighted by Crippen LogP contribution is -2.26. The molecule has 1 amide bonds. The zero-order valence-corrected chi connectivity index (χ0v) is 14.6. The van der Waals surface area contributed by atoms with E-state index in [0.29, 0.717) is 17.9 Å². The number of aromatic hydroxyl groups is 1. The van der Waals surface area contributed by atoms with E-state index in [1.807, 2.05) is 54.6 Å². The molecule has 3 aromatic rings. The number of carbonyl (C=O) groups excluding carboxylic acids is 1. The van der Waals surface area contributed by atoms with Crippen LogP contribution in [-0.4, -0.2) is 24.7 Å². The van der Waals surface area contributed by atoms with Gasteiger partial charge in [-0.3, -0.25) is 4.79 Å². The number of phenols is 1. The maximum atomic E-state index is 12.7. The van der Waals surface area contributed by atoms with E-state index in [9.17, 15) is 9.90 Å². The summed E-state index contributed by atoms with van der Waals surface area (Å²) in [6.45, 7) is 0.518. The average molecular weight is 347 g/mol. The summed E-state index contributed by atoms with van der Waals surface area (Å²) in [6, 6.07) is 22.3. The van der Waals surface area contributed by atoms with Crippen LogP contribution in [0.1, 0.15) is 15.9 Å². The van der Waals surface area contributed by atoms with Gasteiger partial charge in [0.2, 0.25) is 0 Å². The Morgan fingerprint density at radius 2 is 1.69 bits per heavy atom. The Kier molecular flexibility index (Phi) is 5.54. The minimum Gasteiger partial charge on any atom is -0.508 e. The van der Waals surface area contributed by atoms with Gasteiger partial charge >= 0.3 is 0 Å². The molecular formula is C22H21NO3. The lowest BCUT2D eigenvalue weighted by molar-refractivity contribution is 0.0954. The van der Waals surface area contributed by atoms with Gasteiger partial charge in [0.15, 0.2) is 0 Å². The number of hydrogen-bond donors (Lipinski definition) is 2. The number of hydrogen-bond acceptors (Lipinski definition) is 3. The van der Waals surface area contributed by atoms with Crippen LogP contribution < -0.4 is 10.1 Å². The molecule has 0 fully saturated rings. The fourth-order valence-electron chi connectivity index (χ4n) is 2.88. The van der Waals surface area contributed by atoms with E-state index in [0.717, 1.165) is 23.1 Å². The summed E-state index contributed by atoms with van der Waals surface area (Å²) in [7, 11) is 1.60. The first-order valence-corrected chi connectivity index (χ1v) is 8.47. The number of amides is 1. The number of carbonyl (C=O) groups is 1. The summed E-state index contributed by atoms with van der Waals surface area (Å²) < 4.78 is 5.41. The molecule has 0 unspecified atom stereocenters. The van der Waals surface area contributed by atoms with Crippen molar-refractivity contribution in [2.75, 3.05) is 13.7 Å². The Morgan fingerprint density at radius 1 is 0.962 bits per heavy atom. The van der Waals surface area contributed by atoms with E-state index in [1.165, 1.54) is 6.07 Å². The molecule has 26 heavy (non-hydrogen) atoms. The van der Waals surface area contributed by atoms with E-state index in [1.54, 1.807) is 19.2 Å². The molecule has 0 heterocycles. The first-order valence-electron chi connectivity index (χ1n) is 8.47. The Balaban J connectivity index is 1.82. The fraction of sp³-hybridized carbons (Fsp3) is 0.136. The number of phenolic OH excluding ortho intramolecular Hbond substituents is 1. The van der Waals surface area contributed by atoms with Crippen LogP contribution in [0.5, 0.6) is 11.5 Å². The Bertz CT molecular complexity index is 891. The summed E-state index contributed by atoms with van der Waals surface area (Å²) in [5.74, 6) is 0.506. The molecule has 0 saturated carbocycles. The van der Waals surface area contributed by atoms with Crippen molar-refractivity contribution in [3.05, 3.63) is 83.9 Å². The van der Waals surface area contributed by atoms with Crippen LogP contribution >= 0.6 is 0 Å². The molecule has 0 aliphatic carbocycles. The van der Waals surface area contributed by atoms with Crippen molar-refractivity contribution in [1.29, 1.82) is 0 Å². The molecule has 0 saturated heterocycles. The largest absolute Gasteiger partial charge is 0.508 e. The Hall–Kier alpha value is -3.27. The van der Waals surface area contributed by atoms with Crippen molar-refractivity contribution in [3.63, 3.8) is 0 Å². The predicted octanol–water partition coefficient (Wildman–Crippen LogP) is 4.04. The average Bonchev–Trinajstić information content (AvgIpc) is 2.68. The van der Waals surface area contributed by atoms with Crippen molar-refractivity contribution in [2.24, 2.45) is 0 Å². The first kappa shape index (κ1) is 17.5. The molecule has 0 aromatic heterocycles. The third kappa shape index (κ3) is 4.03. The van der Waals surface area contributed by atoms with Crippen LogP contribution in [0.4, 0.5) is 0 Å². The molecular weight excluding hydrogens is 326 g/mol. The smallest absolute Gasteiger partial charge is 0.252 e. The number of methoxy groups -OCH3 is 1. The van der Waals surface area contributed by atoms with Gasteiger partial charge in [-0.1, -0.05) is 48.5 Å². The van der Waals surface area contributed by atoms with Crippen LogP contribution in [0.3, 0.4) is 0 Å². The van der Waals surface area contributed by atoms with Crippen LogP contribution in [0.2, 0.25) is 0 Å². The van der Waals surface area contributed by atoms with Gasteiger partial charge in [0.25, 0.3) is 5.91 Å². The number of rotatable bonds is 6. The molecule has 0 radical (unpaired) electrons. The molecule has 0 aliphatic heterocycles. The zero-order valence-electron chi connectivity index (χ0n) is 14.6. The van der Waals surface area contributed by atoms with E-state index in [2.05, 4.69) is 5.32 Å². The zero-order chi connectivity index (χ0) is 18.4. The molecule has 3 rings (SSSR count). The third-order valence-electron chi connectivity index (χ3n) is 4.19. The van der Waals surface area contributed by atoms with Gasteiger partial charge in [-0.25, -0.2) is 0 Å². The lowest BCUT2D eigenvalue weighted by Gasteiger charge is -2.14. The van der Waals surface area contributed by atoms with Gasteiger partial charge in [-0.15, -0.1) is 0 Å². The second kappa shape index (κ2) is 8.21. The van der Waals surface area contributed by atoms with Crippen LogP contribution in [0, 0.1) is 0 Å². The SMILES string of the molecule is COc1ccccc1-c1ccc(O)cc1C(=O)NCCc1ccccc1. The van der Waals surface area contributed by atoms with Gasteiger partial charge in [0.05, 0.1) is 12.7 Å². The summed E-state index contributed by atoms with van der Waals surface area (Å²) >= 11 is 0. The maximum absolute atomic E-state index is 12.7. The molecule has 3 aromatic carbocycles. The van der Waals surface area contributed by atoms with Crippen molar-refractivity contribution in [3.8, 4) is 22.6 Å². The molecule has 0 bridgehead atoms. The summed E-state index contributed by atoms with van der Waals surface area (Å²) in [5.41, 5.74) is 3.11. The summed E-state index contributed by atoms with van der Waals surface area (Å²) in [5, 5.41) is 12.8. The molecule has 4 heteroatoms. The number of para-hydroxylation sites is 1. The molecule has 0 aliphatic rings. The Morgan fingerprint density at radius 3 is 2.46 bits per heavy atom. The van der Waals surface area contributed by atoms with Crippen LogP contribution in [0.25, 0.3) is 11.1 Å². The monoisotopic (exact) mass is 347 g/mol. The van der Waals surface area contributed by atoms with E-state index < -0.39 is 0 Å². The quantitative estimate of drug-likeness (QED) is 0.707. The Labute approximate surface area is 153 Å². The normalized spacial score (nSPS) is 10.3. The van der Waals surface area contributed by atoms with Gasteiger partial charge < -0.3 is 15.2 Å². The minimum atomic E-state index is -0.224. The maximum Gasteiger partial charge on any atom is 0.252 e. The van der Waals surface area contributed by atoms with E-state index in [-0.39, 0.29) is 11.7 Å². The van der Waals surface area contributed by atoms with E-state index >= 15 is 0 Å². The summed E-state index contributed by atoms with van der Waals surface area (Å²) in [6.07, 6.45) is 0.745. The third-order valence-corrected chi connectivity index (χ3v) is 4.19. The van der Waals surface area contributed by atoms with Crippen molar-refractivity contribution in [1.82, 2.24) is 5.32 Å². The first-order chi connectivity index (χ1) is 12.7. The number of nitrogens with one attached hydrogen (secondary N) is 1. The molecule has 2 N–H and O–H groups in total. The predicted molar refractivity (Wildman–Crippen MR) is 103 cm³/mol. The molecule has 0 atom stereocenters. The van der Waals surface area contributed by atoms with E-state index in [4.69, 9.17) is 4.74 Å². The van der Waals surface area contributed by atoms with Gasteiger partial charge in [-0.05, 0) is 41.8 Å². The van der Waals surface area contributed by atoms with Crippen molar-refractivity contribution in [2.45, 2.75) is 6.42 Å². The highest BCUT2D eigenvalue weighted by Gasteiger charge is 2.16. The molecule has 4 nitrogen and oxygen atoms in total. The standard InChI is InChI=1S/C22H21NO3/c1-26-21-10-6-5-9-19(21)18-12-11-17(24)15-20(18)22(25)23-14-13-16-7-3-2-4-8-16/h2-12,15,24H,13-14H2,1H3,(H,23,25). The van der Waals surface area contributed by atoms with Crippen LogP contribution in [-0.2, 0) is 6.42 Å². The summed E-state index contributed by atoms with van der Waals surface area (Å²) in [4.78, 5) is 12.7. The highest BCUT2D eigenvalue weighted by atomic mass is 16.5. The topological polar surface area (TPSA) is 58.6 Å². The van der Waals surface area contributed by atoms with Gasteiger partial charge in [0.1, 0.15) is 11.5 Å². The lowest BCUT2D eigenvalue weighted by atomic mass is 9.98. The number of ether oxygens (including phenoxy) is 1. The molecule has 0 spiro atoms. The van der Waals surface area contributed by atoms with Crippen molar-refractivity contribution < 1.29 is 14.6 Å². The molecule has 132 valence electrons. The second-order valence-corrected chi connectivity index (χ2v) is 5.92.